The van der Waals surface area contributed by atoms with Gasteiger partial charge in [0.15, 0.2) is 0 Å². The van der Waals surface area contributed by atoms with Crippen molar-refractivity contribution >= 4 is 11.5 Å². The van der Waals surface area contributed by atoms with Gasteiger partial charge in [0, 0.05) is 20.0 Å². The lowest BCUT2D eigenvalue weighted by Gasteiger charge is -2.06. The molecular weight excluding hydrogens is 242 g/mol. The SMILES string of the molecule is CCCc1nn(C)c(NCCCc2ncn[nH]2)c1N. The molecule has 2 aromatic heterocycles. The summed E-state index contributed by atoms with van der Waals surface area (Å²) < 4.78 is 1.81. The fourth-order valence-electron chi connectivity index (χ4n) is 2.04. The minimum atomic E-state index is 0.768. The summed E-state index contributed by atoms with van der Waals surface area (Å²) in [5, 5.41) is 14.4. The molecule has 0 saturated heterocycles. The number of nitrogens with one attached hydrogen (secondary N) is 2. The van der Waals surface area contributed by atoms with Gasteiger partial charge < -0.3 is 11.1 Å². The molecule has 19 heavy (non-hydrogen) atoms. The van der Waals surface area contributed by atoms with Crippen LogP contribution in [0.2, 0.25) is 0 Å². The maximum absolute atomic E-state index is 6.09. The second-order valence-corrected chi connectivity index (χ2v) is 4.55. The second kappa shape index (κ2) is 6.21. The van der Waals surface area contributed by atoms with E-state index in [1.54, 1.807) is 0 Å². The van der Waals surface area contributed by atoms with Gasteiger partial charge in [0.25, 0.3) is 0 Å². The van der Waals surface area contributed by atoms with E-state index in [9.17, 15) is 0 Å². The molecule has 0 atom stereocenters. The topological polar surface area (TPSA) is 97.4 Å². The van der Waals surface area contributed by atoms with Gasteiger partial charge in [-0.1, -0.05) is 13.3 Å². The molecule has 2 heterocycles. The van der Waals surface area contributed by atoms with Crippen LogP contribution in [0, 0.1) is 0 Å². The minimum Gasteiger partial charge on any atom is -0.394 e. The van der Waals surface area contributed by atoms with Crippen molar-refractivity contribution in [1.82, 2.24) is 25.0 Å². The number of hydrogen-bond acceptors (Lipinski definition) is 5. The second-order valence-electron chi connectivity index (χ2n) is 4.55. The third-order valence-electron chi connectivity index (χ3n) is 2.99. The highest BCUT2D eigenvalue weighted by molar-refractivity contribution is 5.64. The van der Waals surface area contributed by atoms with Crippen molar-refractivity contribution in [2.45, 2.75) is 32.6 Å². The van der Waals surface area contributed by atoms with Crippen molar-refractivity contribution in [1.29, 1.82) is 0 Å². The minimum absolute atomic E-state index is 0.768. The number of aryl methyl sites for hydroxylation is 3. The molecule has 2 aromatic rings. The Morgan fingerprint density at radius 3 is 2.95 bits per heavy atom. The number of aromatic amines is 1. The van der Waals surface area contributed by atoms with E-state index < -0.39 is 0 Å². The quantitative estimate of drug-likeness (QED) is 0.650. The Balaban J connectivity index is 1.85. The smallest absolute Gasteiger partial charge is 0.147 e. The van der Waals surface area contributed by atoms with Crippen LogP contribution in [0.5, 0.6) is 0 Å². The molecule has 0 radical (unpaired) electrons. The predicted octanol–water partition coefficient (Wildman–Crippen LogP) is 1.12. The van der Waals surface area contributed by atoms with Gasteiger partial charge in [0.2, 0.25) is 0 Å². The van der Waals surface area contributed by atoms with Crippen molar-refractivity contribution in [3.63, 3.8) is 0 Å². The number of rotatable bonds is 7. The predicted molar refractivity (Wildman–Crippen MR) is 74.8 cm³/mol. The number of anilines is 2. The fraction of sp³-hybridized carbons (Fsp3) is 0.583. The molecule has 0 amide bonds. The molecule has 2 rings (SSSR count). The molecule has 0 aliphatic rings. The van der Waals surface area contributed by atoms with Crippen molar-refractivity contribution < 1.29 is 0 Å². The van der Waals surface area contributed by atoms with Crippen LogP contribution in [0.4, 0.5) is 11.5 Å². The molecule has 0 aliphatic carbocycles. The largest absolute Gasteiger partial charge is 0.394 e. The third kappa shape index (κ3) is 3.24. The molecule has 7 nitrogen and oxygen atoms in total. The van der Waals surface area contributed by atoms with Gasteiger partial charge in [0.05, 0.1) is 11.4 Å². The van der Waals surface area contributed by atoms with Crippen molar-refractivity contribution in [3.05, 3.63) is 17.8 Å². The summed E-state index contributed by atoms with van der Waals surface area (Å²) in [5.41, 5.74) is 7.84. The monoisotopic (exact) mass is 263 g/mol. The van der Waals surface area contributed by atoms with Crippen LogP contribution in [0.3, 0.4) is 0 Å². The number of hydrogen-bond donors (Lipinski definition) is 3. The van der Waals surface area contributed by atoms with E-state index >= 15 is 0 Å². The highest BCUT2D eigenvalue weighted by atomic mass is 15.3. The van der Waals surface area contributed by atoms with Gasteiger partial charge in [-0.25, -0.2) is 4.98 Å². The van der Waals surface area contributed by atoms with Crippen LogP contribution in [0.25, 0.3) is 0 Å². The van der Waals surface area contributed by atoms with E-state index in [4.69, 9.17) is 5.73 Å². The van der Waals surface area contributed by atoms with Crippen molar-refractivity contribution in [3.8, 4) is 0 Å². The number of nitrogen functional groups attached to an aromatic ring is 1. The number of H-pyrrole nitrogens is 1. The van der Waals surface area contributed by atoms with Crippen LogP contribution < -0.4 is 11.1 Å². The highest BCUT2D eigenvalue weighted by Crippen LogP contribution is 2.22. The molecule has 4 N–H and O–H groups in total. The maximum Gasteiger partial charge on any atom is 0.147 e. The molecule has 104 valence electrons. The Morgan fingerprint density at radius 1 is 1.42 bits per heavy atom. The fourth-order valence-corrected chi connectivity index (χ4v) is 2.04. The van der Waals surface area contributed by atoms with Gasteiger partial charge in [-0.3, -0.25) is 9.78 Å². The number of nitrogens with two attached hydrogens (primary N) is 1. The molecule has 0 unspecified atom stereocenters. The summed E-state index contributed by atoms with van der Waals surface area (Å²) in [7, 11) is 1.91. The Hall–Kier alpha value is -2.05. The summed E-state index contributed by atoms with van der Waals surface area (Å²) in [5.74, 6) is 1.81. The van der Waals surface area contributed by atoms with E-state index in [1.807, 2.05) is 11.7 Å². The van der Waals surface area contributed by atoms with Crippen LogP contribution in [-0.4, -0.2) is 31.5 Å². The normalized spacial score (nSPS) is 10.8. The highest BCUT2D eigenvalue weighted by Gasteiger charge is 2.11. The molecule has 0 fully saturated rings. The van der Waals surface area contributed by atoms with Crippen LogP contribution in [0.15, 0.2) is 6.33 Å². The van der Waals surface area contributed by atoms with Crippen LogP contribution in [-0.2, 0) is 19.9 Å². The van der Waals surface area contributed by atoms with Gasteiger partial charge in [0.1, 0.15) is 18.0 Å². The van der Waals surface area contributed by atoms with Gasteiger partial charge in [-0.15, -0.1) is 0 Å². The molecule has 0 saturated carbocycles. The summed E-state index contributed by atoms with van der Waals surface area (Å²) >= 11 is 0. The van der Waals surface area contributed by atoms with Crippen molar-refractivity contribution in [2.75, 3.05) is 17.6 Å². The average Bonchev–Trinajstić information content (AvgIpc) is 2.98. The Kier molecular flexibility index (Phi) is 4.38. The lowest BCUT2D eigenvalue weighted by molar-refractivity contribution is 0.729. The molecule has 0 aromatic carbocycles. The number of nitrogens with zero attached hydrogens (tertiary/aromatic N) is 4. The molecule has 7 heteroatoms. The Bertz CT molecular complexity index is 500. The van der Waals surface area contributed by atoms with Crippen molar-refractivity contribution in [2.24, 2.45) is 7.05 Å². The first-order valence-electron chi connectivity index (χ1n) is 6.61. The van der Waals surface area contributed by atoms with E-state index in [0.717, 1.165) is 55.3 Å². The summed E-state index contributed by atoms with van der Waals surface area (Å²) in [6.45, 7) is 2.95. The van der Waals surface area contributed by atoms with Crippen LogP contribution in [0.1, 0.15) is 31.3 Å². The number of aromatic nitrogens is 5. The Labute approximate surface area is 112 Å². The first-order valence-corrected chi connectivity index (χ1v) is 6.61. The van der Waals surface area contributed by atoms with E-state index in [1.165, 1.54) is 6.33 Å². The van der Waals surface area contributed by atoms with Gasteiger partial charge in [-0.2, -0.15) is 10.2 Å². The lowest BCUT2D eigenvalue weighted by atomic mass is 10.2. The molecule has 0 bridgehead atoms. The summed E-state index contributed by atoms with van der Waals surface area (Å²) in [4.78, 5) is 4.09. The van der Waals surface area contributed by atoms with Gasteiger partial charge >= 0.3 is 0 Å². The zero-order chi connectivity index (χ0) is 13.7. The first kappa shape index (κ1) is 13.4. The van der Waals surface area contributed by atoms with E-state index in [-0.39, 0.29) is 0 Å². The zero-order valence-corrected chi connectivity index (χ0v) is 11.5. The van der Waals surface area contributed by atoms with E-state index in [0.29, 0.717) is 0 Å². The maximum atomic E-state index is 6.09. The molecule has 0 spiro atoms. The lowest BCUT2D eigenvalue weighted by Crippen LogP contribution is -2.09. The average molecular weight is 263 g/mol. The van der Waals surface area contributed by atoms with Crippen LogP contribution >= 0.6 is 0 Å². The standard InChI is InChI=1S/C12H21N7/c1-3-5-9-11(13)12(19(2)18-9)14-7-4-6-10-15-8-16-17-10/h8,14H,3-7,13H2,1-2H3,(H,15,16,17). The first-order chi connectivity index (χ1) is 9.22. The Morgan fingerprint density at radius 2 is 2.26 bits per heavy atom. The molecular formula is C12H21N7. The van der Waals surface area contributed by atoms with Gasteiger partial charge in [-0.05, 0) is 12.8 Å². The molecule has 0 aliphatic heterocycles. The van der Waals surface area contributed by atoms with E-state index in [2.05, 4.69) is 32.5 Å². The third-order valence-corrected chi connectivity index (χ3v) is 2.99. The summed E-state index contributed by atoms with van der Waals surface area (Å²) in [6.07, 6.45) is 5.32. The summed E-state index contributed by atoms with van der Waals surface area (Å²) in [6, 6.07) is 0. The zero-order valence-electron chi connectivity index (χ0n) is 11.5.